The van der Waals surface area contributed by atoms with Crippen LogP contribution in [-0.2, 0) is 0 Å². The van der Waals surface area contributed by atoms with Crippen LogP contribution in [0.5, 0.6) is 0 Å². The van der Waals surface area contributed by atoms with Gasteiger partial charge in [-0.1, -0.05) is 15.9 Å². The van der Waals surface area contributed by atoms with Crippen molar-refractivity contribution in [3.63, 3.8) is 0 Å². The number of anilines is 2. The van der Waals surface area contributed by atoms with Crippen molar-refractivity contribution in [2.45, 2.75) is 19.9 Å². The SMILES string of the molecule is [2H]C(C)(C)Nc1cc(Br)ccc1N. The van der Waals surface area contributed by atoms with Crippen LogP contribution in [0.25, 0.3) is 0 Å². The Morgan fingerprint density at radius 3 is 2.83 bits per heavy atom. The lowest BCUT2D eigenvalue weighted by molar-refractivity contribution is 0.900. The van der Waals surface area contributed by atoms with E-state index in [1.807, 2.05) is 12.1 Å². The van der Waals surface area contributed by atoms with Crippen molar-refractivity contribution in [1.82, 2.24) is 0 Å². The van der Waals surface area contributed by atoms with Crippen molar-refractivity contribution in [2.24, 2.45) is 0 Å². The number of hydrogen-bond acceptors (Lipinski definition) is 2. The fourth-order valence-corrected chi connectivity index (χ4v) is 1.27. The van der Waals surface area contributed by atoms with Gasteiger partial charge in [-0.15, -0.1) is 0 Å². The Balaban J connectivity index is 2.94. The summed E-state index contributed by atoms with van der Waals surface area (Å²) in [5, 5.41) is 3.00. The monoisotopic (exact) mass is 229 g/mol. The van der Waals surface area contributed by atoms with E-state index in [-0.39, 0.29) is 0 Å². The Morgan fingerprint density at radius 1 is 1.58 bits per heavy atom. The van der Waals surface area contributed by atoms with Crippen molar-refractivity contribution >= 4 is 27.3 Å². The third-order valence-electron chi connectivity index (χ3n) is 1.40. The van der Waals surface area contributed by atoms with E-state index in [0.717, 1.165) is 10.2 Å². The molecular weight excluding hydrogens is 216 g/mol. The van der Waals surface area contributed by atoms with Crippen molar-refractivity contribution in [1.29, 1.82) is 0 Å². The molecule has 3 heteroatoms. The first-order valence-corrected chi connectivity index (χ1v) is 4.51. The predicted molar refractivity (Wildman–Crippen MR) is 57.3 cm³/mol. The average molecular weight is 230 g/mol. The van der Waals surface area contributed by atoms with Crippen LogP contribution in [0.15, 0.2) is 22.7 Å². The maximum atomic E-state index is 7.65. The molecule has 0 aliphatic carbocycles. The normalized spacial score (nSPS) is 12.4. The van der Waals surface area contributed by atoms with E-state index in [4.69, 9.17) is 7.10 Å². The number of hydrogen-bond donors (Lipinski definition) is 2. The van der Waals surface area contributed by atoms with Crippen LogP contribution in [0.2, 0.25) is 0 Å². The average Bonchev–Trinajstić information content (AvgIpc) is 1.94. The number of nitrogens with one attached hydrogen (secondary N) is 1. The first-order chi connectivity index (χ1) is 5.88. The summed E-state index contributed by atoms with van der Waals surface area (Å²) in [5.41, 5.74) is 7.17. The Morgan fingerprint density at radius 2 is 2.25 bits per heavy atom. The minimum atomic E-state index is -0.713. The molecule has 1 aromatic rings. The molecule has 0 radical (unpaired) electrons. The minimum Gasteiger partial charge on any atom is -0.397 e. The molecule has 1 rings (SSSR count). The van der Waals surface area contributed by atoms with Gasteiger partial charge in [-0.2, -0.15) is 0 Å². The lowest BCUT2D eigenvalue weighted by Crippen LogP contribution is -2.11. The summed E-state index contributed by atoms with van der Waals surface area (Å²) in [5.74, 6) is 0. The first-order valence-electron chi connectivity index (χ1n) is 4.22. The van der Waals surface area contributed by atoms with Crippen LogP contribution in [0, 0.1) is 0 Å². The second-order valence-corrected chi connectivity index (χ2v) is 3.77. The summed E-state index contributed by atoms with van der Waals surface area (Å²) in [4.78, 5) is 0. The molecule has 0 unspecified atom stereocenters. The molecule has 0 fully saturated rings. The van der Waals surface area contributed by atoms with Crippen LogP contribution in [0.1, 0.15) is 15.2 Å². The molecule has 0 aromatic heterocycles. The van der Waals surface area contributed by atoms with E-state index >= 15 is 0 Å². The van der Waals surface area contributed by atoms with E-state index < -0.39 is 6.02 Å². The fourth-order valence-electron chi connectivity index (χ4n) is 0.906. The third-order valence-corrected chi connectivity index (χ3v) is 1.89. The molecule has 0 saturated heterocycles. The summed E-state index contributed by atoms with van der Waals surface area (Å²) in [6.45, 7) is 3.54. The number of nitrogens with two attached hydrogens (primary N) is 1. The second kappa shape index (κ2) is 3.81. The molecule has 66 valence electrons. The maximum absolute atomic E-state index is 7.65. The highest BCUT2D eigenvalue weighted by Gasteiger charge is 2.00. The Bertz CT molecular complexity index is 307. The van der Waals surface area contributed by atoms with Crippen molar-refractivity contribution in [3.8, 4) is 0 Å². The van der Waals surface area contributed by atoms with Gasteiger partial charge in [0.2, 0.25) is 0 Å². The van der Waals surface area contributed by atoms with E-state index in [1.54, 1.807) is 19.9 Å². The summed E-state index contributed by atoms with van der Waals surface area (Å²) >= 11 is 3.35. The lowest BCUT2D eigenvalue weighted by Gasteiger charge is -2.12. The van der Waals surface area contributed by atoms with Gasteiger partial charge in [0.15, 0.2) is 0 Å². The van der Waals surface area contributed by atoms with Gasteiger partial charge in [0, 0.05) is 10.5 Å². The van der Waals surface area contributed by atoms with Gasteiger partial charge in [0.25, 0.3) is 0 Å². The number of benzene rings is 1. The highest BCUT2D eigenvalue weighted by Crippen LogP contribution is 2.23. The molecule has 1 aromatic carbocycles. The molecule has 12 heavy (non-hydrogen) atoms. The highest BCUT2D eigenvalue weighted by atomic mass is 79.9. The number of rotatable bonds is 2. The third kappa shape index (κ3) is 2.41. The zero-order valence-corrected chi connectivity index (χ0v) is 8.77. The minimum absolute atomic E-state index is 0.656. The molecular formula is C9H13BrN2. The molecule has 2 nitrogen and oxygen atoms in total. The van der Waals surface area contributed by atoms with Crippen LogP contribution in [-0.4, -0.2) is 6.02 Å². The summed E-state index contributed by atoms with van der Waals surface area (Å²) < 4.78 is 8.61. The maximum Gasteiger partial charge on any atom is 0.0587 e. The van der Waals surface area contributed by atoms with E-state index in [0.29, 0.717) is 5.69 Å². The standard InChI is InChI=1S/C9H13BrN2/c1-6(2)12-9-5-7(10)3-4-8(9)11/h3-6,12H,11H2,1-2H3/i6D. The summed E-state index contributed by atoms with van der Waals surface area (Å²) in [7, 11) is 0. The van der Waals surface area contributed by atoms with Gasteiger partial charge < -0.3 is 11.1 Å². The molecule has 0 aliphatic heterocycles. The molecule has 0 amide bonds. The quantitative estimate of drug-likeness (QED) is 0.766. The van der Waals surface area contributed by atoms with Gasteiger partial charge in [0.05, 0.1) is 12.7 Å². The van der Waals surface area contributed by atoms with Crippen LogP contribution in [0.3, 0.4) is 0 Å². The van der Waals surface area contributed by atoms with Crippen molar-refractivity contribution < 1.29 is 1.37 Å². The summed E-state index contributed by atoms with van der Waals surface area (Å²) in [6.07, 6.45) is 0. The molecule has 0 atom stereocenters. The van der Waals surface area contributed by atoms with Gasteiger partial charge in [0.1, 0.15) is 0 Å². The Kier molecular flexibility index (Phi) is 2.51. The smallest absolute Gasteiger partial charge is 0.0587 e. The van der Waals surface area contributed by atoms with Crippen molar-refractivity contribution in [3.05, 3.63) is 22.7 Å². The molecule has 0 bridgehead atoms. The Hall–Kier alpha value is -0.700. The fraction of sp³-hybridized carbons (Fsp3) is 0.333. The van der Waals surface area contributed by atoms with Crippen LogP contribution < -0.4 is 11.1 Å². The predicted octanol–water partition coefficient (Wildman–Crippen LogP) is 2.85. The highest BCUT2D eigenvalue weighted by molar-refractivity contribution is 9.10. The van der Waals surface area contributed by atoms with Gasteiger partial charge in [-0.05, 0) is 32.0 Å². The van der Waals surface area contributed by atoms with E-state index in [2.05, 4.69) is 21.2 Å². The lowest BCUT2D eigenvalue weighted by atomic mass is 10.2. The van der Waals surface area contributed by atoms with Crippen molar-refractivity contribution in [2.75, 3.05) is 11.1 Å². The summed E-state index contributed by atoms with van der Waals surface area (Å²) in [6, 6.07) is 4.83. The first kappa shape index (κ1) is 7.92. The van der Waals surface area contributed by atoms with Crippen LogP contribution in [0.4, 0.5) is 11.4 Å². The van der Waals surface area contributed by atoms with Crippen LogP contribution >= 0.6 is 15.9 Å². The van der Waals surface area contributed by atoms with Gasteiger partial charge in [-0.25, -0.2) is 0 Å². The molecule has 0 heterocycles. The topological polar surface area (TPSA) is 38.0 Å². The van der Waals surface area contributed by atoms with E-state index in [1.165, 1.54) is 0 Å². The zero-order valence-electron chi connectivity index (χ0n) is 8.19. The van der Waals surface area contributed by atoms with E-state index in [9.17, 15) is 0 Å². The largest absolute Gasteiger partial charge is 0.397 e. The number of halogens is 1. The van der Waals surface area contributed by atoms with Gasteiger partial charge in [-0.3, -0.25) is 0 Å². The molecule has 3 N–H and O–H groups in total. The zero-order chi connectivity index (χ0) is 10.1. The number of nitrogen functional groups attached to an aromatic ring is 1. The van der Waals surface area contributed by atoms with Gasteiger partial charge >= 0.3 is 0 Å². The molecule has 0 spiro atoms. The molecule has 0 aliphatic rings. The Labute approximate surface area is 82.7 Å². The molecule has 0 saturated carbocycles. The second-order valence-electron chi connectivity index (χ2n) is 2.86.